The van der Waals surface area contributed by atoms with Crippen LogP contribution in [-0.4, -0.2) is 37.2 Å². The van der Waals surface area contributed by atoms with Crippen molar-refractivity contribution in [1.29, 1.82) is 0 Å². The summed E-state index contributed by atoms with van der Waals surface area (Å²) in [6.07, 6.45) is 71.3. The number of rotatable bonds is 46. The van der Waals surface area contributed by atoms with Crippen molar-refractivity contribution < 1.29 is 28.6 Å². The predicted octanol–water partition coefficient (Wildman–Crippen LogP) is 17.5. The number of ether oxygens (including phenoxy) is 3. The summed E-state index contributed by atoms with van der Waals surface area (Å²) in [5.74, 6) is -1.15. The third-order valence-electron chi connectivity index (χ3n) is 10.8. The maximum absolute atomic E-state index is 12.8. The zero-order chi connectivity index (χ0) is 47.2. The van der Waals surface area contributed by atoms with Crippen LogP contribution >= 0.6 is 0 Å². The molecule has 1 atom stereocenters. The van der Waals surface area contributed by atoms with Crippen molar-refractivity contribution in [3.8, 4) is 0 Å². The Hall–Kier alpha value is -3.93. The van der Waals surface area contributed by atoms with E-state index in [0.29, 0.717) is 12.8 Å². The molecule has 0 aromatic heterocycles. The van der Waals surface area contributed by atoms with Crippen molar-refractivity contribution in [3.05, 3.63) is 109 Å². The van der Waals surface area contributed by atoms with Gasteiger partial charge in [0.1, 0.15) is 13.2 Å². The van der Waals surface area contributed by atoms with E-state index in [1.165, 1.54) is 103 Å². The van der Waals surface area contributed by atoms with Crippen LogP contribution in [0.25, 0.3) is 0 Å². The molecular weight excluding hydrogens is 805 g/mol. The molecule has 0 aliphatic heterocycles. The van der Waals surface area contributed by atoms with Gasteiger partial charge in [0.25, 0.3) is 0 Å². The number of carbonyl (C=O) groups is 3. The summed E-state index contributed by atoms with van der Waals surface area (Å²) in [7, 11) is 0. The topological polar surface area (TPSA) is 78.9 Å². The fourth-order valence-electron chi connectivity index (χ4n) is 6.94. The monoisotopic (exact) mass is 901 g/mol. The van der Waals surface area contributed by atoms with Gasteiger partial charge in [0.05, 0.1) is 6.42 Å². The average molecular weight is 901 g/mol. The first-order chi connectivity index (χ1) is 32.0. The van der Waals surface area contributed by atoms with Gasteiger partial charge in [-0.05, 0) is 70.6 Å². The molecule has 0 N–H and O–H groups in total. The van der Waals surface area contributed by atoms with Crippen LogP contribution in [0.5, 0.6) is 0 Å². The number of unbranched alkanes of at least 4 members (excludes halogenated alkanes) is 18. The summed E-state index contributed by atoms with van der Waals surface area (Å²) >= 11 is 0. The molecule has 6 heteroatoms. The molecule has 0 saturated heterocycles. The smallest absolute Gasteiger partial charge is 0.309 e. The first kappa shape index (κ1) is 61.1. The highest BCUT2D eigenvalue weighted by molar-refractivity contribution is 5.72. The fraction of sp³-hybridized carbons (Fsp3) is 0.644. The molecule has 0 aromatic carbocycles. The first-order valence-electron chi connectivity index (χ1n) is 26.4. The van der Waals surface area contributed by atoms with Gasteiger partial charge in [-0.2, -0.15) is 0 Å². The Balaban J connectivity index is 4.45. The van der Waals surface area contributed by atoms with Crippen LogP contribution in [0.15, 0.2) is 109 Å². The SMILES string of the molecule is CC/C=C\C/C=C\C/C=C\C/C=C\C/C=C\C/C=C\CCC(=O)OCC(COC(=O)C/C=C\C/C=C\C/C=C\CC)OC(=O)CCCCCCCCCCCCCCCCCCCCC. The molecular formula is C59H96O6. The molecule has 0 spiro atoms. The lowest BCUT2D eigenvalue weighted by Gasteiger charge is -2.18. The van der Waals surface area contributed by atoms with E-state index in [0.717, 1.165) is 77.0 Å². The fourth-order valence-corrected chi connectivity index (χ4v) is 6.94. The van der Waals surface area contributed by atoms with Gasteiger partial charge in [-0.15, -0.1) is 0 Å². The molecule has 0 aromatic rings. The largest absolute Gasteiger partial charge is 0.462 e. The molecule has 0 heterocycles. The molecule has 368 valence electrons. The molecule has 65 heavy (non-hydrogen) atoms. The molecule has 0 fully saturated rings. The minimum absolute atomic E-state index is 0.120. The van der Waals surface area contributed by atoms with Crippen LogP contribution in [0.1, 0.15) is 226 Å². The number of allylic oxidation sites excluding steroid dienone is 17. The highest BCUT2D eigenvalue weighted by Crippen LogP contribution is 2.15. The zero-order valence-corrected chi connectivity index (χ0v) is 42.0. The van der Waals surface area contributed by atoms with E-state index >= 15 is 0 Å². The van der Waals surface area contributed by atoms with Gasteiger partial charge in [-0.3, -0.25) is 14.4 Å². The van der Waals surface area contributed by atoms with Gasteiger partial charge in [-0.1, -0.05) is 246 Å². The van der Waals surface area contributed by atoms with E-state index in [2.05, 4.69) is 106 Å². The molecule has 1 unspecified atom stereocenters. The summed E-state index contributed by atoms with van der Waals surface area (Å²) in [4.78, 5) is 37.8. The third kappa shape index (κ3) is 50.9. The normalized spacial score (nSPS) is 13.0. The lowest BCUT2D eigenvalue weighted by atomic mass is 10.0. The maximum atomic E-state index is 12.8. The Morgan fingerprint density at radius 1 is 0.338 bits per heavy atom. The highest BCUT2D eigenvalue weighted by atomic mass is 16.6. The Morgan fingerprint density at radius 2 is 0.662 bits per heavy atom. The molecule has 0 aliphatic carbocycles. The van der Waals surface area contributed by atoms with Crippen LogP contribution in [0.2, 0.25) is 0 Å². The number of hydrogen-bond acceptors (Lipinski definition) is 6. The second-order valence-corrected chi connectivity index (χ2v) is 17.0. The molecule has 0 rings (SSSR count). The summed E-state index contributed by atoms with van der Waals surface area (Å²) < 4.78 is 16.6. The number of carbonyl (C=O) groups excluding carboxylic acids is 3. The van der Waals surface area contributed by atoms with Crippen LogP contribution < -0.4 is 0 Å². The van der Waals surface area contributed by atoms with Crippen LogP contribution in [0.4, 0.5) is 0 Å². The van der Waals surface area contributed by atoms with Gasteiger partial charge in [-0.25, -0.2) is 0 Å². The molecule has 0 radical (unpaired) electrons. The second kappa shape index (κ2) is 52.7. The van der Waals surface area contributed by atoms with E-state index in [-0.39, 0.29) is 38.0 Å². The highest BCUT2D eigenvalue weighted by Gasteiger charge is 2.19. The third-order valence-corrected chi connectivity index (χ3v) is 10.8. The predicted molar refractivity (Wildman–Crippen MR) is 279 cm³/mol. The van der Waals surface area contributed by atoms with E-state index in [1.807, 2.05) is 18.2 Å². The van der Waals surface area contributed by atoms with Crippen LogP contribution in [-0.2, 0) is 28.6 Å². The zero-order valence-electron chi connectivity index (χ0n) is 42.0. The molecule has 0 aliphatic rings. The second-order valence-electron chi connectivity index (χ2n) is 17.0. The Kier molecular flexibility index (Phi) is 49.5. The molecule has 0 bridgehead atoms. The van der Waals surface area contributed by atoms with Gasteiger partial charge < -0.3 is 14.2 Å². The van der Waals surface area contributed by atoms with Crippen LogP contribution in [0, 0.1) is 0 Å². The maximum Gasteiger partial charge on any atom is 0.309 e. The minimum Gasteiger partial charge on any atom is -0.462 e. The number of esters is 3. The van der Waals surface area contributed by atoms with Gasteiger partial charge in [0, 0.05) is 12.8 Å². The van der Waals surface area contributed by atoms with E-state index in [4.69, 9.17) is 14.2 Å². The quantitative estimate of drug-likeness (QED) is 0.0262. The van der Waals surface area contributed by atoms with Crippen molar-refractivity contribution >= 4 is 17.9 Å². The van der Waals surface area contributed by atoms with Crippen molar-refractivity contribution in [2.75, 3.05) is 13.2 Å². The van der Waals surface area contributed by atoms with E-state index in [9.17, 15) is 14.4 Å². The van der Waals surface area contributed by atoms with E-state index in [1.54, 1.807) is 6.08 Å². The molecule has 0 saturated carbocycles. The lowest BCUT2D eigenvalue weighted by molar-refractivity contribution is -0.166. The van der Waals surface area contributed by atoms with Gasteiger partial charge >= 0.3 is 17.9 Å². The average Bonchev–Trinajstić information content (AvgIpc) is 3.30. The van der Waals surface area contributed by atoms with Gasteiger partial charge in [0.15, 0.2) is 6.10 Å². The minimum atomic E-state index is -0.843. The van der Waals surface area contributed by atoms with Crippen LogP contribution in [0.3, 0.4) is 0 Å². The van der Waals surface area contributed by atoms with E-state index < -0.39 is 12.1 Å². The van der Waals surface area contributed by atoms with Crippen molar-refractivity contribution in [1.82, 2.24) is 0 Å². The lowest BCUT2D eigenvalue weighted by Crippen LogP contribution is -2.30. The Morgan fingerprint density at radius 3 is 1.05 bits per heavy atom. The summed E-state index contributed by atoms with van der Waals surface area (Å²) in [5.41, 5.74) is 0. The summed E-state index contributed by atoms with van der Waals surface area (Å²) in [5, 5.41) is 0. The van der Waals surface area contributed by atoms with Gasteiger partial charge in [0.2, 0.25) is 0 Å². The summed E-state index contributed by atoms with van der Waals surface area (Å²) in [6.45, 7) is 6.24. The number of hydrogen-bond donors (Lipinski definition) is 0. The van der Waals surface area contributed by atoms with Crippen molar-refractivity contribution in [2.24, 2.45) is 0 Å². The standard InChI is InChI=1S/C59H96O6/c1-4-7-10-13-16-19-21-23-25-27-29-31-33-35-37-40-43-46-49-52-58(61)64-55-56(54-63-57(60)51-48-45-42-39-18-15-12-9-6-3)65-59(62)53-50-47-44-41-38-36-34-32-30-28-26-24-22-20-17-14-11-8-5-2/h7,9-10,12,16,18-19,23,25,29,31,35,37,39,43,45-46,48,56H,4-6,8,11,13-15,17,20-22,24,26-28,30,32-34,36,38,40-42,44,47,49-55H2,1-3H3/b10-7-,12-9-,19-16-,25-23-,31-29-,37-35-,39-18-,46-43-,48-45-. The molecule has 0 amide bonds. The Labute approximate surface area is 400 Å². The van der Waals surface area contributed by atoms with Crippen molar-refractivity contribution in [2.45, 2.75) is 232 Å². The molecule has 6 nitrogen and oxygen atoms in total. The first-order valence-corrected chi connectivity index (χ1v) is 26.4. The Bertz CT molecular complexity index is 1360. The summed E-state index contributed by atoms with van der Waals surface area (Å²) in [6, 6.07) is 0. The van der Waals surface area contributed by atoms with Crippen molar-refractivity contribution in [3.63, 3.8) is 0 Å².